The van der Waals surface area contributed by atoms with E-state index >= 15 is 0 Å². The van der Waals surface area contributed by atoms with E-state index in [4.69, 9.17) is 10.5 Å². The molecule has 0 heterocycles. The Morgan fingerprint density at radius 2 is 1.92 bits per heavy atom. The van der Waals surface area contributed by atoms with Gasteiger partial charge < -0.3 is 10.5 Å². The lowest BCUT2D eigenvalue weighted by molar-refractivity contribution is -0.152. The van der Waals surface area contributed by atoms with E-state index in [1.54, 1.807) is 0 Å². The second-order valence-electron chi connectivity index (χ2n) is 4.50. The molecule has 3 nitrogen and oxygen atoms in total. The third-order valence-electron chi connectivity index (χ3n) is 2.08. The summed E-state index contributed by atoms with van der Waals surface area (Å²) in [4.78, 5) is 11.4. The molecule has 0 fully saturated rings. The fourth-order valence-electron chi connectivity index (χ4n) is 0.708. The Morgan fingerprint density at radius 1 is 1.46 bits per heavy atom. The first-order valence-electron chi connectivity index (χ1n) is 4.75. The van der Waals surface area contributed by atoms with Gasteiger partial charge in [0.1, 0.15) is 6.04 Å². The predicted molar refractivity (Wildman–Crippen MR) is 53.3 cm³/mol. The maximum atomic E-state index is 11.4. The minimum absolute atomic E-state index is 0.0408. The Balaban J connectivity index is 4.12. The van der Waals surface area contributed by atoms with E-state index in [0.29, 0.717) is 0 Å². The van der Waals surface area contributed by atoms with E-state index in [0.717, 1.165) is 6.42 Å². The van der Waals surface area contributed by atoms with Crippen molar-refractivity contribution in [3.8, 4) is 0 Å². The minimum atomic E-state index is -0.540. The summed E-state index contributed by atoms with van der Waals surface area (Å²) < 4.78 is 5.12. The fraction of sp³-hybridized carbons (Fsp3) is 0.900. The molecule has 2 unspecified atom stereocenters. The molecule has 0 aliphatic heterocycles. The largest absolute Gasteiger partial charge is 0.462 e. The number of ether oxygens (including phenoxy) is 1. The van der Waals surface area contributed by atoms with Gasteiger partial charge in [0.05, 0.1) is 6.10 Å². The van der Waals surface area contributed by atoms with E-state index < -0.39 is 6.04 Å². The molecule has 0 saturated heterocycles. The Bertz CT molecular complexity index is 172. The highest BCUT2D eigenvalue weighted by Gasteiger charge is 2.29. The smallest absolute Gasteiger partial charge is 0.323 e. The van der Waals surface area contributed by atoms with Gasteiger partial charge in [-0.3, -0.25) is 4.79 Å². The molecular formula is C10H21NO2. The molecule has 0 aliphatic carbocycles. The van der Waals surface area contributed by atoms with Crippen molar-refractivity contribution in [2.75, 3.05) is 0 Å². The van der Waals surface area contributed by atoms with E-state index in [1.165, 1.54) is 0 Å². The fourth-order valence-corrected chi connectivity index (χ4v) is 0.708. The Kier molecular flexibility index (Phi) is 4.40. The molecule has 78 valence electrons. The first-order valence-corrected chi connectivity index (χ1v) is 4.75. The minimum Gasteiger partial charge on any atom is -0.462 e. The zero-order valence-electron chi connectivity index (χ0n) is 9.26. The van der Waals surface area contributed by atoms with Gasteiger partial charge in [0.2, 0.25) is 0 Å². The molecule has 2 atom stereocenters. The van der Waals surface area contributed by atoms with Crippen LogP contribution in [0.25, 0.3) is 0 Å². The lowest BCUT2D eigenvalue weighted by Crippen LogP contribution is -2.44. The molecule has 0 spiro atoms. The predicted octanol–water partition coefficient (Wildman–Crippen LogP) is 1.70. The van der Waals surface area contributed by atoms with Crippen molar-refractivity contribution in [3.63, 3.8) is 0 Å². The van der Waals surface area contributed by atoms with Crippen LogP contribution >= 0.6 is 0 Å². The van der Waals surface area contributed by atoms with Gasteiger partial charge >= 0.3 is 5.97 Å². The SMILES string of the molecule is CCC(C)OC(=O)C(N)C(C)(C)C. The van der Waals surface area contributed by atoms with Crippen LogP contribution in [0.5, 0.6) is 0 Å². The Morgan fingerprint density at radius 3 is 2.23 bits per heavy atom. The van der Waals surface area contributed by atoms with Gasteiger partial charge in [-0.1, -0.05) is 27.7 Å². The first kappa shape index (κ1) is 12.4. The lowest BCUT2D eigenvalue weighted by Gasteiger charge is -2.26. The second-order valence-corrected chi connectivity index (χ2v) is 4.50. The van der Waals surface area contributed by atoms with Gasteiger partial charge in [0.15, 0.2) is 0 Å². The third-order valence-corrected chi connectivity index (χ3v) is 2.08. The van der Waals surface area contributed by atoms with Crippen LogP contribution in [0.4, 0.5) is 0 Å². The average Bonchev–Trinajstić information content (AvgIpc) is 2.01. The van der Waals surface area contributed by atoms with Crippen LogP contribution in [0.2, 0.25) is 0 Å². The van der Waals surface area contributed by atoms with Crippen molar-refractivity contribution < 1.29 is 9.53 Å². The van der Waals surface area contributed by atoms with E-state index in [1.807, 2.05) is 34.6 Å². The zero-order valence-corrected chi connectivity index (χ0v) is 9.26. The van der Waals surface area contributed by atoms with Gasteiger partial charge in [-0.05, 0) is 18.8 Å². The molecule has 0 aromatic carbocycles. The Labute approximate surface area is 80.6 Å². The molecule has 0 saturated carbocycles. The number of nitrogens with two attached hydrogens (primary N) is 1. The number of hydrogen-bond acceptors (Lipinski definition) is 3. The van der Waals surface area contributed by atoms with Crippen LogP contribution < -0.4 is 5.73 Å². The number of carbonyl (C=O) groups excluding carboxylic acids is 1. The highest BCUT2D eigenvalue weighted by atomic mass is 16.5. The number of carbonyl (C=O) groups is 1. The van der Waals surface area contributed by atoms with Gasteiger partial charge in [0, 0.05) is 0 Å². The highest BCUT2D eigenvalue weighted by molar-refractivity contribution is 5.76. The summed E-state index contributed by atoms with van der Waals surface area (Å²) in [6.07, 6.45) is 0.781. The lowest BCUT2D eigenvalue weighted by atomic mass is 9.87. The highest BCUT2D eigenvalue weighted by Crippen LogP contribution is 2.18. The summed E-state index contributed by atoms with van der Waals surface area (Å²) in [6, 6.07) is -0.540. The van der Waals surface area contributed by atoms with Crippen molar-refractivity contribution in [3.05, 3.63) is 0 Å². The summed E-state index contributed by atoms with van der Waals surface area (Å²) in [5.74, 6) is -0.304. The molecule has 0 bridgehead atoms. The number of esters is 1. The first-order chi connectivity index (χ1) is 5.79. The summed E-state index contributed by atoms with van der Waals surface area (Å²) in [5.41, 5.74) is 5.49. The summed E-state index contributed by atoms with van der Waals surface area (Å²) in [7, 11) is 0. The molecule has 13 heavy (non-hydrogen) atoms. The van der Waals surface area contributed by atoms with E-state index in [-0.39, 0.29) is 17.5 Å². The third kappa shape index (κ3) is 4.27. The topological polar surface area (TPSA) is 52.3 Å². The summed E-state index contributed by atoms with van der Waals surface area (Å²) in [5, 5.41) is 0. The van der Waals surface area contributed by atoms with Crippen LogP contribution in [-0.2, 0) is 9.53 Å². The molecule has 3 heteroatoms. The molecule has 0 aromatic rings. The zero-order chi connectivity index (χ0) is 10.6. The molecule has 0 aromatic heterocycles. The van der Waals surface area contributed by atoms with Gasteiger partial charge in [0.25, 0.3) is 0 Å². The van der Waals surface area contributed by atoms with Crippen LogP contribution in [0.3, 0.4) is 0 Å². The van der Waals surface area contributed by atoms with Crippen molar-refractivity contribution in [1.29, 1.82) is 0 Å². The van der Waals surface area contributed by atoms with E-state index in [9.17, 15) is 4.79 Å². The molecule has 2 N–H and O–H groups in total. The van der Waals surface area contributed by atoms with Crippen LogP contribution in [-0.4, -0.2) is 18.1 Å². The number of hydrogen-bond donors (Lipinski definition) is 1. The molecular weight excluding hydrogens is 166 g/mol. The maximum Gasteiger partial charge on any atom is 0.323 e. The van der Waals surface area contributed by atoms with E-state index in [2.05, 4.69) is 0 Å². The second kappa shape index (κ2) is 4.61. The monoisotopic (exact) mass is 187 g/mol. The number of rotatable bonds is 3. The van der Waals surface area contributed by atoms with Gasteiger partial charge in [-0.15, -0.1) is 0 Å². The molecule has 0 rings (SSSR count). The Hall–Kier alpha value is -0.570. The van der Waals surface area contributed by atoms with Crippen molar-refractivity contribution >= 4 is 5.97 Å². The molecule has 0 radical (unpaired) electrons. The van der Waals surface area contributed by atoms with Crippen LogP contribution in [0.15, 0.2) is 0 Å². The quantitative estimate of drug-likeness (QED) is 0.684. The normalized spacial score (nSPS) is 16.5. The molecule has 0 aliphatic rings. The van der Waals surface area contributed by atoms with Crippen molar-refractivity contribution in [1.82, 2.24) is 0 Å². The average molecular weight is 187 g/mol. The maximum absolute atomic E-state index is 11.4. The summed E-state index contributed by atoms with van der Waals surface area (Å²) >= 11 is 0. The van der Waals surface area contributed by atoms with Crippen LogP contribution in [0, 0.1) is 5.41 Å². The van der Waals surface area contributed by atoms with Gasteiger partial charge in [-0.25, -0.2) is 0 Å². The van der Waals surface area contributed by atoms with Crippen LogP contribution in [0.1, 0.15) is 41.0 Å². The van der Waals surface area contributed by atoms with Crippen molar-refractivity contribution in [2.24, 2.45) is 11.1 Å². The standard InChI is InChI=1S/C10H21NO2/c1-6-7(2)13-9(12)8(11)10(3,4)5/h7-8H,6,11H2,1-5H3. The van der Waals surface area contributed by atoms with Gasteiger partial charge in [-0.2, -0.15) is 0 Å². The molecule has 0 amide bonds. The van der Waals surface area contributed by atoms with Crippen molar-refractivity contribution in [2.45, 2.75) is 53.2 Å². The summed E-state index contributed by atoms with van der Waals surface area (Å²) in [6.45, 7) is 9.62.